The van der Waals surface area contributed by atoms with Crippen LogP contribution in [0.3, 0.4) is 0 Å². The second-order valence-corrected chi connectivity index (χ2v) is 9.38. The van der Waals surface area contributed by atoms with Crippen LogP contribution >= 0.6 is 12.2 Å². The van der Waals surface area contributed by atoms with E-state index < -0.39 is 0 Å². The summed E-state index contributed by atoms with van der Waals surface area (Å²) < 4.78 is 2.37. The summed E-state index contributed by atoms with van der Waals surface area (Å²) in [5, 5.41) is 4.31. The van der Waals surface area contributed by atoms with Gasteiger partial charge in [-0.2, -0.15) is 0 Å². The van der Waals surface area contributed by atoms with Gasteiger partial charge in [0.15, 0.2) is 5.11 Å². The van der Waals surface area contributed by atoms with E-state index in [1.54, 1.807) is 6.20 Å². The molecule has 1 aromatic carbocycles. The van der Waals surface area contributed by atoms with Gasteiger partial charge >= 0.3 is 0 Å². The summed E-state index contributed by atoms with van der Waals surface area (Å²) in [6.45, 7) is 9.44. The van der Waals surface area contributed by atoms with Crippen molar-refractivity contribution in [1.29, 1.82) is 0 Å². The molecule has 172 valence electrons. The number of thiocarbonyl (C=S) groups is 1. The molecule has 0 aliphatic carbocycles. The SMILES string of the molecule is Cc1cccc(-n2c(C)cc([C@@H]3[C@@H](c4ccccn4)NC(=S)N3Cc3cccnc3)c2C)c1C. The zero-order valence-electron chi connectivity index (χ0n) is 20.0. The zero-order valence-corrected chi connectivity index (χ0v) is 20.8. The molecule has 1 N–H and O–H groups in total. The Bertz CT molecular complexity index is 1330. The third kappa shape index (κ3) is 3.88. The molecule has 6 heteroatoms. The van der Waals surface area contributed by atoms with Gasteiger partial charge in [-0.05, 0) is 92.5 Å². The van der Waals surface area contributed by atoms with Gasteiger partial charge in [-0.3, -0.25) is 9.97 Å². The Morgan fingerprint density at radius 1 is 0.971 bits per heavy atom. The molecule has 0 spiro atoms. The molecule has 1 fully saturated rings. The number of rotatable bonds is 5. The molecule has 5 rings (SSSR count). The maximum Gasteiger partial charge on any atom is 0.170 e. The van der Waals surface area contributed by atoms with Crippen LogP contribution in [0.1, 0.15) is 51.4 Å². The van der Waals surface area contributed by atoms with Gasteiger partial charge < -0.3 is 14.8 Å². The van der Waals surface area contributed by atoms with Crippen molar-refractivity contribution in [2.24, 2.45) is 0 Å². The number of pyridine rings is 2. The number of aryl methyl sites for hydroxylation is 2. The van der Waals surface area contributed by atoms with E-state index in [4.69, 9.17) is 12.2 Å². The van der Waals surface area contributed by atoms with Crippen LogP contribution in [0.2, 0.25) is 0 Å². The molecule has 0 bridgehead atoms. The van der Waals surface area contributed by atoms with Crippen molar-refractivity contribution in [3.8, 4) is 5.69 Å². The number of benzene rings is 1. The monoisotopic (exact) mass is 467 g/mol. The van der Waals surface area contributed by atoms with Crippen molar-refractivity contribution in [3.63, 3.8) is 0 Å². The minimum atomic E-state index is -0.0436. The Morgan fingerprint density at radius 2 is 1.82 bits per heavy atom. The average molecular weight is 468 g/mol. The lowest BCUT2D eigenvalue weighted by Gasteiger charge is -2.28. The summed E-state index contributed by atoms with van der Waals surface area (Å²) in [7, 11) is 0. The van der Waals surface area contributed by atoms with E-state index in [0.717, 1.165) is 16.4 Å². The Kier molecular flexibility index (Phi) is 5.92. The summed E-state index contributed by atoms with van der Waals surface area (Å²) in [4.78, 5) is 11.3. The molecular weight excluding hydrogens is 438 g/mol. The second-order valence-electron chi connectivity index (χ2n) is 9.00. The van der Waals surface area contributed by atoms with Crippen molar-refractivity contribution < 1.29 is 0 Å². The normalized spacial score (nSPS) is 17.8. The Morgan fingerprint density at radius 3 is 2.56 bits per heavy atom. The number of hydrogen-bond acceptors (Lipinski definition) is 3. The van der Waals surface area contributed by atoms with E-state index in [1.165, 1.54) is 33.8 Å². The molecule has 1 saturated heterocycles. The van der Waals surface area contributed by atoms with Crippen molar-refractivity contribution in [2.45, 2.75) is 46.3 Å². The Labute approximate surface area is 206 Å². The predicted octanol–water partition coefficient (Wildman–Crippen LogP) is 5.67. The van der Waals surface area contributed by atoms with Gasteiger partial charge in [-0.15, -0.1) is 0 Å². The smallest absolute Gasteiger partial charge is 0.170 e. The lowest BCUT2D eigenvalue weighted by molar-refractivity contribution is 0.310. The second kappa shape index (κ2) is 9.03. The lowest BCUT2D eigenvalue weighted by Crippen LogP contribution is -2.29. The van der Waals surface area contributed by atoms with Gasteiger partial charge in [0.25, 0.3) is 0 Å². The van der Waals surface area contributed by atoms with Gasteiger partial charge in [0.1, 0.15) is 0 Å². The molecule has 4 aromatic rings. The molecule has 0 amide bonds. The van der Waals surface area contributed by atoms with E-state index in [-0.39, 0.29) is 12.1 Å². The molecule has 0 saturated carbocycles. The first-order chi connectivity index (χ1) is 16.5. The number of aromatic nitrogens is 3. The highest BCUT2D eigenvalue weighted by Gasteiger charge is 2.41. The number of hydrogen-bond donors (Lipinski definition) is 1. The van der Waals surface area contributed by atoms with Gasteiger partial charge in [0, 0.05) is 42.2 Å². The molecule has 0 radical (unpaired) electrons. The van der Waals surface area contributed by atoms with E-state index in [1.807, 2.05) is 30.6 Å². The number of nitrogens with zero attached hydrogens (tertiary/aromatic N) is 4. The van der Waals surface area contributed by atoms with Gasteiger partial charge in [-0.1, -0.05) is 24.3 Å². The van der Waals surface area contributed by atoms with Crippen molar-refractivity contribution in [2.75, 3.05) is 0 Å². The third-order valence-electron chi connectivity index (χ3n) is 6.88. The molecule has 3 aromatic heterocycles. The van der Waals surface area contributed by atoms with Gasteiger partial charge in [0.2, 0.25) is 0 Å². The van der Waals surface area contributed by atoms with Crippen LogP contribution in [-0.2, 0) is 6.54 Å². The largest absolute Gasteiger partial charge is 0.352 e. The summed E-state index contributed by atoms with van der Waals surface area (Å²) in [5.74, 6) is 0. The van der Waals surface area contributed by atoms with Crippen molar-refractivity contribution >= 4 is 17.3 Å². The first-order valence-corrected chi connectivity index (χ1v) is 12.0. The fourth-order valence-electron chi connectivity index (χ4n) is 5.04. The highest BCUT2D eigenvalue weighted by atomic mass is 32.1. The maximum absolute atomic E-state index is 5.87. The van der Waals surface area contributed by atoms with Crippen LogP contribution < -0.4 is 5.32 Å². The van der Waals surface area contributed by atoms with Crippen LogP contribution in [0.4, 0.5) is 0 Å². The van der Waals surface area contributed by atoms with E-state index in [2.05, 4.69) is 88.8 Å². The standard InChI is InChI=1S/C28H29N5S/c1-18-9-7-12-25(20(18)3)33-19(2)15-23(21(33)4)27-26(24-11-5-6-14-30-24)31-28(34)32(27)17-22-10-8-13-29-16-22/h5-16,26-27H,17H2,1-4H3,(H,31,34)/t26-,27-/m1/s1. The fraction of sp³-hybridized carbons (Fsp3) is 0.250. The first-order valence-electron chi connectivity index (χ1n) is 11.6. The molecule has 0 unspecified atom stereocenters. The van der Waals surface area contributed by atoms with Crippen molar-refractivity contribution in [1.82, 2.24) is 24.8 Å². The predicted molar refractivity (Wildman–Crippen MR) is 140 cm³/mol. The summed E-state index contributed by atoms with van der Waals surface area (Å²) in [6, 6.07) is 18.9. The number of nitrogens with one attached hydrogen (secondary N) is 1. The third-order valence-corrected chi connectivity index (χ3v) is 7.23. The summed E-state index contributed by atoms with van der Waals surface area (Å²) >= 11 is 5.87. The van der Waals surface area contributed by atoms with E-state index >= 15 is 0 Å². The quantitative estimate of drug-likeness (QED) is 0.383. The summed E-state index contributed by atoms with van der Waals surface area (Å²) in [5.41, 5.74) is 9.61. The highest BCUT2D eigenvalue weighted by molar-refractivity contribution is 7.80. The summed E-state index contributed by atoms with van der Waals surface area (Å²) in [6.07, 6.45) is 5.56. The van der Waals surface area contributed by atoms with E-state index in [9.17, 15) is 0 Å². The van der Waals surface area contributed by atoms with Crippen LogP contribution in [0.15, 0.2) is 73.2 Å². The van der Waals surface area contributed by atoms with Crippen LogP contribution in [-0.4, -0.2) is 24.5 Å². The molecule has 2 atom stereocenters. The van der Waals surface area contributed by atoms with E-state index in [0.29, 0.717) is 6.54 Å². The molecule has 5 nitrogen and oxygen atoms in total. The molecule has 1 aliphatic heterocycles. The zero-order chi connectivity index (χ0) is 23.8. The molecule has 1 aliphatic rings. The minimum Gasteiger partial charge on any atom is -0.352 e. The molecular formula is C28H29N5S. The Balaban J connectivity index is 1.64. The van der Waals surface area contributed by atoms with Crippen LogP contribution in [0.25, 0.3) is 5.69 Å². The van der Waals surface area contributed by atoms with Crippen molar-refractivity contribution in [3.05, 3.63) is 113 Å². The Hall–Kier alpha value is -3.51. The van der Waals surface area contributed by atoms with Gasteiger partial charge in [0.05, 0.1) is 17.8 Å². The topological polar surface area (TPSA) is 46.0 Å². The van der Waals surface area contributed by atoms with Crippen LogP contribution in [0.5, 0.6) is 0 Å². The highest BCUT2D eigenvalue weighted by Crippen LogP contribution is 2.42. The average Bonchev–Trinajstić information content (AvgIpc) is 3.32. The van der Waals surface area contributed by atoms with Crippen LogP contribution in [0, 0.1) is 27.7 Å². The molecule has 4 heterocycles. The fourth-order valence-corrected chi connectivity index (χ4v) is 5.34. The molecule has 34 heavy (non-hydrogen) atoms. The minimum absolute atomic E-state index is 0.00710. The van der Waals surface area contributed by atoms with Gasteiger partial charge in [-0.25, -0.2) is 0 Å². The first kappa shape index (κ1) is 22.3. The maximum atomic E-state index is 5.87. The lowest BCUT2D eigenvalue weighted by atomic mass is 9.96.